The summed E-state index contributed by atoms with van der Waals surface area (Å²) in [4.78, 5) is 4.07. The minimum Gasteiger partial charge on any atom is -0.326 e. The molecule has 0 bridgehead atoms. The molecule has 0 aromatic carbocycles. The van der Waals surface area contributed by atoms with Crippen molar-refractivity contribution in [1.82, 2.24) is 4.98 Å². The molecule has 12 heavy (non-hydrogen) atoms. The summed E-state index contributed by atoms with van der Waals surface area (Å²) in [5.41, 5.74) is 9.74. The van der Waals surface area contributed by atoms with E-state index in [0.29, 0.717) is 11.6 Å². The molecule has 0 radical (unpaired) electrons. The van der Waals surface area contributed by atoms with Gasteiger partial charge in [-0.15, -0.1) is 5.73 Å². The van der Waals surface area contributed by atoms with Crippen LogP contribution >= 0.6 is 11.6 Å². The lowest BCUT2D eigenvalue weighted by molar-refractivity contribution is 1.20. The van der Waals surface area contributed by atoms with Crippen molar-refractivity contribution in [2.24, 2.45) is 5.73 Å². The minimum atomic E-state index is 0.387. The molecule has 0 amide bonds. The van der Waals surface area contributed by atoms with E-state index in [1.165, 1.54) is 0 Å². The van der Waals surface area contributed by atoms with Crippen LogP contribution in [0.25, 0.3) is 5.57 Å². The van der Waals surface area contributed by atoms with Crippen molar-refractivity contribution in [1.29, 1.82) is 0 Å². The van der Waals surface area contributed by atoms with Crippen molar-refractivity contribution in [3.8, 4) is 0 Å². The zero-order chi connectivity index (χ0) is 8.97. The van der Waals surface area contributed by atoms with Crippen molar-refractivity contribution < 1.29 is 0 Å². The first-order valence-corrected chi connectivity index (χ1v) is 3.86. The molecule has 0 saturated heterocycles. The zero-order valence-corrected chi connectivity index (χ0v) is 7.30. The van der Waals surface area contributed by atoms with Gasteiger partial charge in [-0.2, -0.15) is 0 Å². The second kappa shape index (κ2) is 4.07. The Morgan fingerprint density at radius 3 is 2.83 bits per heavy atom. The van der Waals surface area contributed by atoms with Gasteiger partial charge in [-0.1, -0.05) is 18.2 Å². The molecule has 62 valence electrons. The van der Waals surface area contributed by atoms with Crippen LogP contribution in [0.3, 0.4) is 0 Å². The van der Waals surface area contributed by atoms with Crippen LogP contribution in [0.5, 0.6) is 0 Å². The molecule has 0 unspecified atom stereocenters. The van der Waals surface area contributed by atoms with E-state index in [9.17, 15) is 0 Å². The largest absolute Gasteiger partial charge is 0.326 e. The highest BCUT2D eigenvalue weighted by Gasteiger charge is 1.98. The highest BCUT2D eigenvalue weighted by Crippen LogP contribution is 2.11. The molecule has 0 fully saturated rings. The topological polar surface area (TPSA) is 38.9 Å². The molecule has 3 heteroatoms. The van der Waals surface area contributed by atoms with Gasteiger partial charge in [0.15, 0.2) is 0 Å². The number of pyridine rings is 1. The van der Waals surface area contributed by atoms with Gasteiger partial charge in [0.05, 0.1) is 10.7 Å². The quantitative estimate of drug-likeness (QED) is 0.706. The van der Waals surface area contributed by atoms with E-state index in [-0.39, 0.29) is 0 Å². The fraction of sp³-hybridized carbons (Fsp3) is 0.111. The smallest absolute Gasteiger partial charge is 0.0752 e. The van der Waals surface area contributed by atoms with Crippen LogP contribution in [0.4, 0.5) is 0 Å². The number of halogens is 1. The summed E-state index contributed by atoms with van der Waals surface area (Å²) < 4.78 is 0. The van der Waals surface area contributed by atoms with E-state index in [0.717, 1.165) is 11.3 Å². The second-order valence-electron chi connectivity index (χ2n) is 2.22. The summed E-state index contributed by atoms with van der Waals surface area (Å²) in [6, 6.07) is 3.56. The predicted octanol–water partition coefficient (Wildman–Crippen LogP) is 1.86. The molecule has 0 atom stereocenters. The van der Waals surface area contributed by atoms with Crippen LogP contribution in [0.2, 0.25) is 5.02 Å². The third kappa shape index (κ3) is 1.95. The summed E-state index contributed by atoms with van der Waals surface area (Å²) in [5, 5.41) is 0.610. The maximum atomic E-state index is 5.66. The number of hydrogen-bond acceptors (Lipinski definition) is 2. The van der Waals surface area contributed by atoms with E-state index in [4.69, 9.17) is 17.3 Å². The first-order valence-electron chi connectivity index (χ1n) is 3.49. The molecule has 2 N–H and O–H groups in total. The van der Waals surface area contributed by atoms with Crippen LogP contribution in [0.15, 0.2) is 30.6 Å². The SMILES string of the molecule is C=C=C(CN)c1ccc(Cl)cn1. The number of rotatable bonds is 2. The van der Waals surface area contributed by atoms with Crippen molar-refractivity contribution in [2.45, 2.75) is 0 Å². The number of aromatic nitrogens is 1. The van der Waals surface area contributed by atoms with Crippen LogP contribution in [-0.4, -0.2) is 11.5 Å². The Labute approximate surface area is 76.4 Å². The summed E-state index contributed by atoms with van der Waals surface area (Å²) in [5.74, 6) is 0. The summed E-state index contributed by atoms with van der Waals surface area (Å²) in [7, 11) is 0. The number of nitrogens with zero attached hydrogens (tertiary/aromatic N) is 1. The average molecular weight is 181 g/mol. The third-order valence-electron chi connectivity index (χ3n) is 1.45. The molecule has 1 aromatic rings. The molecule has 2 nitrogen and oxygen atoms in total. The highest BCUT2D eigenvalue weighted by atomic mass is 35.5. The molecule has 0 aliphatic rings. The van der Waals surface area contributed by atoms with Gasteiger partial charge >= 0.3 is 0 Å². The maximum Gasteiger partial charge on any atom is 0.0752 e. The second-order valence-corrected chi connectivity index (χ2v) is 2.66. The molecular weight excluding hydrogens is 172 g/mol. The van der Waals surface area contributed by atoms with Gasteiger partial charge in [0.1, 0.15) is 0 Å². The fourth-order valence-corrected chi connectivity index (χ4v) is 0.933. The van der Waals surface area contributed by atoms with Gasteiger partial charge in [-0.3, -0.25) is 4.98 Å². The molecule has 0 aliphatic heterocycles. The fourth-order valence-electron chi connectivity index (χ4n) is 0.822. The van der Waals surface area contributed by atoms with Crippen LogP contribution in [0, 0.1) is 0 Å². The Bertz CT molecular complexity index is 310. The molecule has 1 rings (SSSR count). The monoisotopic (exact) mass is 180 g/mol. The normalized spacial score (nSPS) is 9.17. The van der Waals surface area contributed by atoms with Gasteiger partial charge in [0.2, 0.25) is 0 Å². The van der Waals surface area contributed by atoms with E-state index in [1.54, 1.807) is 18.3 Å². The van der Waals surface area contributed by atoms with E-state index in [2.05, 4.69) is 17.3 Å². The van der Waals surface area contributed by atoms with Crippen molar-refractivity contribution >= 4 is 17.2 Å². The van der Waals surface area contributed by atoms with E-state index in [1.807, 2.05) is 0 Å². The lowest BCUT2D eigenvalue weighted by Crippen LogP contribution is -2.02. The molecule has 1 heterocycles. The molecule has 0 aliphatic carbocycles. The standard InChI is InChI=1S/C9H9ClN2/c1-2-7(5-11)9-4-3-8(10)6-12-9/h3-4,6H,1,5,11H2. The van der Waals surface area contributed by atoms with Crippen LogP contribution in [-0.2, 0) is 0 Å². The summed E-state index contributed by atoms with van der Waals surface area (Å²) in [6.07, 6.45) is 1.57. The van der Waals surface area contributed by atoms with Gasteiger partial charge in [0, 0.05) is 18.3 Å². The summed E-state index contributed by atoms with van der Waals surface area (Å²) in [6.45, 7) is 3.90. The molecule has 0 spiro atoms. The highest BCUT2D eigenvalue weighted by molar-refractivity contribution is 6.30. The Morgan fingerprint density at radius 2 is 2.42 bits per heavy atom. The van der Waals surface area contributed by atoms with Crippen molar-refractivity contribution in [3.05, 3.63) is 41.4 Å². The average Bonchev–Trinajstić information content (AvgIpc) is 2.10. The Morgan fingerprint density at radius 1 is 1.67 bits per heavy atom. The molecular formula is C9H9ClN2. The van der Waals surface area contributed by atoms with Crippen molar-refractivity contribution in [2.75, 3.05) is 6.54 Å². The van der Waals surface area contributed by atoms with Crippen LogP contribution in [0.1, 0.15) is 5.69 Å². The Balaban J connectivity index is 3.04. The Hall–Kier alpha value is -1.08. The third-order valence-corrected chi connectivity index (χ3v) is 1.68. The first kappa shape index (κ1) is 9.01. The maximum absolute atomic E-state index is 5.66. The number of nitrogens with two attached hydrogens (primary N) is 1. The molecule has 0 saturated carbocycles. The minimum absolute atomic E-state index is 0.387. The zero-order valence-electron chi connectivity index (χ0n) is 6.55. The van der Waals surface area contributed by atoms with Crippen LogP contribution < -0.4 is 5.73 Å². The van der Waals surface area contributed by atoms with E-state index >= 15 is 0 Å². The predicted molar refractivity (Wildman–Crippen MR) is 50.8 cm³/mol. The van der Waals surface area contributed by atoms with Gasteiger partial charge in [0.25, 0.3) is 0 Å². The van der Waals surface area contributed by atoms with Gasteiger partial charge in [-0.05, 0) is 12.1 Å². The van der Waals surface area contributed by atoms with Gasteiger partial charge < -0.3 is 5.73 Å². The first-order chi connectivity index (χ1) is 5.77. The van der Waals surface area contributed by atoms with E-state index < -0.39 is 0 Å². The van der Waals surface area contributed by atoms with Crippen molar-refractivity contribution in [3.63, 3.8) is 0 Å². The lowest BCUT2D eigenvalue weighted by atomic mass is 10.2. The molecule has 1 aromatic heterocycles. The Kier molecular flexibility index (Phi) is 3.06. The number of hydrogen-bond donors (Lipinski definition) is 1. The lowest BCUT2D eigenvalue weighted by Gasteiger charge is -1.99. The summed E-state index contributed by atoms with van der Waals surface area (Å²) >= 11 is 5.66. The van der Waals surface area contributed by atoms with Gasteiger partial charge in [-0.25, -0.2) is 0 Å².